The van der Waals surface area contributed by atoms with Crippen LogP contribution in [-0.2, 0) is 19.0 Å². The second-order valence-electron chi connectivity index (χ2n) is 7.44. The van der Waals surface area contributed by atoms with Gasteiger partial charge in [0, 0.05) is 6.61 Å². The quantitative estimate of drug-likeness (QED) is 0.192. The Morgan fingerprint density at radius 1 is 0.643 bits per heavy atom. The SMILES string of the molecule is CCCCCCCCCCCCCCCOCCOS(=O)(=O)c1ccccc1. The van der Waals surface area contributed by atoms with Gasteiger partial charge in [0.1, 0.15) is 0 Å². The summed E-state index contributed by atoms with van der Waals surface area (Å²) in [5, 5.41) is 0. The minimum Gasteiger partial charge on any atom is -0.379 e. The lowest BCUT2D eigenvalue weighted by Gasteiger charge is -2.07. The molecule has 1 aromatic rings. The van der Waals surface area contributed by atoms with Crippen LogP contribution in [0.15, 0.2) is 35.2 Å². The molecule has 0 spiro atoms. The van der Waals surface area contributed by atoms with Gasteiger partial charge in [0.05, 0.1) is 18.1 Å². The molecule has 0 aliphatic carbocycles. The van der Waals surface area contributed by atoms with Crippen LogP contribution >= 0.6 is 0 Å². The molecular formula is C23H40O4S. The summed E-state index contributed by atoms with van der Waals surface area (Å²) in [5.41, 5.74) is 0. The van der Waals surface area contributed by atoms with Gasteiger partial charge in [-0.3, -0.25) is 4.18 Å². The molecule has 0 saturated heterocycles. The first kappa shape index (κ1) is 25.1. The Kier molecular flexibility index (Phi) is 15.2. The third-order valence-electron chi connectivity index (χ3n) is 4.89. The highest BCUT2D eigenvalue weighted by atomic mass is 32.2. The summed E-state index contributed by atoms with van der Waals surface area (Å²) >= 11 is 0. The predicted molar refractivity (Wildman–Crippen MR) is 116 cm³/mol. The van der Waals surface area contributed by atoms with Gasteiger partial charge in [0.25, 0.3) is 10.1 Å². The number of unbranched alkanes of at least 4 members (excludes halogenated alkanes) is 12. The number of ether oxygens (including phenoxy) is 1. The highest BCUT2D eigenvalue weighted by Crippen LogP contribution is 2.13. The Labute approximate surface area is 173 Å². The van der Waals surface area contributed by atoms with Gasteiger partial charge in [-0.15, -0.1) is 0 Å². The molecule has 0 amide bonds. The van der Waals surface area contributed by atoms with E-state index in [9.17, 15) is 8.42 Å². The molecule has 0 radical (unpaired) electrons. The van der Waals surface area contributed by atoms with Crippen LogP contribution in [0.3, 0.4) is 0 Å². The van der Waals surface area contributed by atoms with Crippen LogP contribution in [0.5, 0.6) is 0 Å². The van der Waals surface area contributed by atoms with Crippen molar-refractivity contribution in [3.05, 3.63) is 30.3 Å². The van der Waals surface area contributed by atoms with Crippen LogP contribution in [0.2, 0.25) is 0 Å². The van der Waals surface area contributed by atoms with Crippen LogP contribution in [-0.4, -0.2) is 28.2 Å². The summed E-state index contributed by atoms with van der Waals surface area (Å²) < 4.78 is 34.3. The normalized spacial score (nSPS) is 11.8. The second-order valence-corrected chi connectivity index (χ2v) is 9.06. The van der Waals surface area contributed by atoms with E-state index in [-0.39, 0.29) is 11.5 Å². The molecule has 0 aliphatic rings. The molecule has 1 rings (SSSR count). The van der Waals surface area contributed by atoms with Crippen LogP contribution < -0.4 is 0 Å². The molecule has 162 valence electrons. The zero-order valence-corrected chi connectivity index (χ0v) is 18.6. The molecule has 28 heavy (non-hydrogen) atoms. The van der Waals surface area contributed by atoms with Crippen molar-refractivity contribution in [1.29, 1.82) is 0 Å². The Balaban J connectivity index is 1.82. The molecule has 4 nitrogen and oxygen atoms in total. The summed E-state index contributed by atoms with van der Waals surface area (Å²) in [6.45, 7) is 3.31. The van der Waals surface area contributed by atoms with E-state index in [1.165, 1.54) is 89.2 Å². The standard InChI is InChI=1S/C23H40O4S/c1-2-3-4-5-6-7-8-9-10-11-12-13-17-20-26-21-22-27-28(24,25)23-18-15-14-16-19-23/h14-16,18-19H,2-13,17,20-22H2,1H3. The highest BCUT2D eigenvalue weighted by molar-refractivity contribution is 7.86. The Morgan fingerprint density at radius 3 is 1.68 bits per heavy atom. The lowest BCUT2D eigenvalue weighted by atomic mass is 10.0. The maximum atomic E-state index is 11.9. The average molecular weight is 413 g/mol. The van der Waals surface area contributed by atoms with E-state index in [2.05, 4.69) is 6.92 Å². The van der Waals surface area contributed by atoms with Crippen molar-refractivity contribution in [2.24, 2.45) is 0 Å². The minimum absolute atomic E-state index is 0.0652. The smallest absolute Gasteiger partial charge is 0.297 e. The molecule has 0 unspecified atom stereocenters. The molecule has 0 heterocycles. The number of rotatable bonds is 19. The highest BCUT2D eigenvalue weighted by Gasteiger charge is 2.13. The van der Waals surface area contributed by atoms with Gasteiger partial charge >= 0.3 is 0 Å². The van der Waals surface area contributed by atoms with Gasteiger partial charge in [0.2, 0.25) is 0 Å². The van der Waals surface area contributed by atoms with E-state index in [4.69, 9.17) is 8.92 Å². The first-order chi connectivity index (χ1) is 13.7. The summed E-state index contributed by atoms with van der Waals surface area (Å²) in [6.07, 6.45) is 17.3. The van der Waals surface area contributed by atoms with Crippen molar-refractivity contribution >= 4 is 10.1 Å². The molecule has 0 atom stereocenters. The lowest BCUT2D eigenvalue weighted by Crippen LogP contribution is -2.12. The summed E-state index contributed by atoms with van der Waals surface area (Å²) in [6, 6.07) is 8.20. The molecule has 0 N–H and O–H groups in total. The minimum atomic E-state index is -3.66. The van der Waals surface area contributed by atoms with E-state index in [1.54, 1.807) is 18.2 Å². The topological polar surface area (TPSA) is 52.6 Å². The fourth-order valence-corrected chi connectivity index (χ4v) is 4.10. The van der Waals surface area contributed by atoms with Crippen LogP contribution in [0, 0.1) is 0 Å². The Hall–Kier alpha value is -0.910. The van der Waals surface area contributed by atoms with Crippen molar-refractivity contribution in [1.82, 2.24) is 0 Å². The largest absolute Gasteiger partial charge is 0.379 e. The third-order valence-corrected chi connectivity index (χ3v) is 6.22. The number of hydrogen-bond acceptors (Lipinski definition) is 4. The van der Waals surface area contributed by atoms with Crippen molar-refractivity contribution in [3.8, 4) is 0 Å². The van der Waals surface area contributed by atoms with E-state index < -0.39 is 10.1 Å². The fraction of sp³-hybridized carbons (Fsp3) is 0.739. The predicted octanol–water partition coefficient (Wildman–Crippen LogP) is 6.50. The van der Waals surface area contributed by atoms with Crippen molar-refractivity contribution in [2.75, 3.05) is 19.8 Å². The van der Waals surface area contributed by atoms with Gasteiger partial charge < -0.3 is 4.74 Å². The summed E-state index contributed by atoms with van der Waals surface area (Å²) in [7, 11) is -3.66. The van der Waals surface area contributed by atoms with Gasteiger partial charge in [-0.2, -0.15) is 8.42 Å². The van der Waals surface area contributed by atoms with E-state index in [1.807, 2.05) is 0 Å². The number of benzene rings is 1. The molecule has 0 bridgehead atoms. The first-order valence-electron chi connectivity index (χ1n) is 11.2. The van der Waals surface area contributed by atoms with Crippen molar-refractivity contribution in [3.63, 3.8) is 0 Å². The average Bonchev–Trinajstić information content (AvgIpc) is 2.71. The number of hydrogen-bond donors (Lipinski definition) is 0. The summed E-state index contributed by atoms with van der Waals surface area (Å²) in [4.78, 5) is 0.187. The van der Waals surface area contributed by atoms with Crippen LogP contribution in [0.4, 0.5) is 0 Å². The molecule has 0 aromatic heterocycles. The molecule has 0 fully saturated rings. The van der Waals surface area contributed by atoms with E-state index in [0.717, 1.165) is 6.42 Å². The van der Waals surface area contributed by atoms with E-state index in [0.29, 0.717) is 13.2 Å². The molecular weight excluding hydrogens is 372 g/mol. The maximum absolute atomic E-state index is 11.9. The maximum Gasteiger partial charge on any atom is 0.297 e. The van der Waals surface area contributed by atoms with Crippen LogP contribution in [0.1, 0.15) is 90.4 Å². The third kappa shape index (κ3) is 13.3. The van der Waals surface area contributed by atoms with Crippen LogP contribution in [0.25, 0.3) is 0 Å². The lowest BCUT2D eigenvalue weighted by molar-refractivity contribution is 0.0989. The zero-order chi connectivity index (χ0) is 20.3. The Bertz CT molecular complexity index is 557. The second kappa shape index (κ2) is 17.0. The molecule has 1 aromatic carbocycles. The van der Waals surface area contributed by atoms with Gasteiger partial charge in [-0.05, 0) is 18.6 Å². The fourth-order valence-electron chi connectivity index (χ4n) is 3.18. The molecule has 5 heteroatoms. The summed E-state index contributed by atoms with van der Waals surface area (Å²) in [5.74, 6) is 0. The van der Waals surface area contributed by atoms with Crippen molar-refractivity contribution < 1.29 is 17.3 Å². The zero-order valence-electron chi connectivity index (χ0n) is 17.7. The van der Waals surface area contributed by atoms with E-state index >= 15 is 0 Å². The molecule has 0 saturated carbocycles. The molecule has 0 aliphatic heterocycles. The first-order valence-corrected chi connectivity index (χ1v) is 12.6. The van der Waals surface area contributed by atoms with Gasteiger partial charge in [-0.25, -0.2) is 0 Å². The van der Waals surface area contributed by atoms with Crippen molar-refractivity contribution in [2.45, 2.75) is 95.3 Å². The van der Waals surface area contributed by atoms with Gasteiger partial charge in [-0.1, -0.05) is 102 Å². The van der Waals surface area contributed by atoms with Gasteiger partial charge in [0.15, 0.2) is 0 Å². The Morgan fingerprint density at radius 2 is 1.14 bits per heavy atom. The monoisotopic (exact) mass is 412 g/mol.